The van der Waals surface area contributed by atoms with E-state index in [1.165, 1.54) is 0 Å². The Kier molecular flexibility index (Phi) is 3.86. The van der Waals surface area contributed by atoms with Gasteiger partial charge < -0.3 is 14.9 Å². The third-order valence-electron chi connectivity index (χ3n) is 4.05. The first-order chi connectivity index (χ1) is 12.2. The van der Waals surface area contributed by atoms with Crippen molar-refractivity contribution in [1.82, 2.24) is 4.98 Å². The molecule has 0 radical (unpaired) electrons. The number of hydrogen-bond acceptors (Lipinski definition) is 4. The van der Waals surface area contributed by atoms with E-state index in [9.17, 15) is 0 Å². The molecule has 0 saturated carbocycles. The fourth-order valence-electron chi connectivity index (χ4n) is 2.83. The first kappa shape index (κ1) is 15.3. The fourth-order valence-corrected chi connectivity index (χ4v) is 2.83. The molecule has 4 heteroatoms. The van der Waals surface area contributed by atoms with E-state index in [1.807, 2.05) is 61.5 Å². The maximum Gasteiger partial charge on any atom is 0.227 e. The van der Waals surface area contributed by atoms with Crippen molar-refractivity contribution in [2.75, 3.05) is 12.3 Å². The lowest BCUT2D eigenvalue weighted by atomic mass is 10.1. The molecule has 1 aromatic heterocycles. The minimum absolute atomic E-state index is 0.551. The van der Waals surface area contributed by atoms with Crippen LogP contribution in [0.5, 0.6) is 5.75 Å². The molecule has 0 bridgehead atoms. The number of ether oxygens (including phenoxy) is 1. The fraction of sp³-hybridized carbons (Fsp3) is 0.0952. The predicted molar refractivity (Wildman–Crippen MR) is 100 cm³/mol. The maximum absolute atomic E-state index is 6.04. The number of rotatable bonds is 4. The summed E-state index contributed by atoms with van der Waals surface area (Å²) < 4.78 is 11.4. The molecule has 4 nitrogen and oxygen atoms in total. The topological polar surface area (TPSA) is 61.3 Å². The van der Waals surface area contributed by atoms with Crippen molar-refractivity contribution in [3.05, 3.63) is 66.7 Å². The van der Waals surface area contributed by atoms with Crippen LogP contribution in [0.4, 0.5) is 5.69 Å². The highest BCUT2D eigenvalue weighted by molar-refractivity contribution is 5.82. The summed E-state index contributed by atoms with van der Waals surface area (Å²) in [4.78, 5) is 4.62. The molecule has 0 saturated heterocycles. The number of nitrogens with two attached hydrogens (primary N) is 1. The van der Waals surface area contributed by atoms with Crippen LogP contribution in [0.25, 0.3) is 33.7 Å². The predicted octanol–water partition coefficient (Wildman–Crippen LogP) is 5.14. The van der Waals surface area contributed by atoms with Crippen LogP contribution in [0.3, 0.4) is 0 Å². The van der Waals surface area contributed by atoms with Crippen molar-refractivity contribution in [3.63, 3.8) is 0 Å². The minimum Gasteiger partial charge on any atom is -0.492 e. The van der Waals surface area contributed by atoms with Crippen LogP contribution in [0.2, 0.25) is 0 Å². The lowest BCUT2D eigenvalue weighted by molar-refractivity contribution is 0.342. The quantitative estimate of drug-likeness (QED) is 0.526. The summed E-state index contributed by atoms with van der Waals surface area (Å²) in [6, 6.07) is 21.8. The summed E-state index contributed by atoms with van der Waals surface area (Å²) in [5.41, 5.74) is 11.3. The third kappa shape index (κ3) is 2.94. The van der Waals surface area contributed by atoms with E-state index in [4.69, 9.17) is 14.9 Å². The van der Waals surface area contributed by atoms with E-state index < -0.39 is 0 Å². The van der Waals surface area contributed by atoms with Crippen LogP contribution in [-0.2, 0) is 0 Å². The zero-order valence-electron chi connectivity index (χ0n) is 13.9. The molecule has 25 heavy (non-hydrogen) atoms. The molecule has 124 valence electrons. The number of hydrogen-bond donors (Lipinski definition) is 1. The summed E-state index contributed by atoms with van der Waals surface area (Å²) in [7, 11) is 0. The summed E-state index contributed by atoms with van der Waals surface area (Å²) >= 11 is 0. The normalized spacial score (nSPS) is 10.9. The van der Waals surface area contributed by atoms with Crippen LogP contribution in [0.1, 0.15) is 6.92 Å². The Bertz CT molecular complexity index is 1020. The van der Waals surface area contributed by atoms with Crippen LogP contribution in [0.15, 0.2) is 71.1 Å². The summed E-state index contributed by atoms with van der Waals surface area (Å²) in [5, 5.41) is 0. The van der Waals surface area contributed by atoms with Gasteiger partial charge in [-0.1, -0.05) is 36.4 Å². The van der Waals surface area contributed by atoms with Crippen LogP contribution < -0.4 is 10.5 Å². The first-order valence-electron chi connectivity index (χ1n) is 8.23. The Hall–Kier alpha value is -3.27. The highest BCUT2D eigenvalue weighted by atomic mass is 16.5. The van der Waals surface area contributed by atoms with E-state index in [0.29, 0.717) is 23.9 Å². The second kappa shape index (κ2) is 6.32. The third-order valence-corrected chi connectivity index (χ3v) is 4.05. The van der Waals surface area contributed by atoms with Gasteiger partial charge in [0.05, 0.1) is 12.3 Å². The molecule has 0 fully saturated rings. The maximum atomic E-state index is 6.04. The molecule has 4 rings (SSSR count). The van der Waals surface area contributed by atoms with Gasteiger partial charge in [-0.3, -0.25) is 0 Å². The van der Waals surface area contributed by atoms with Gasteiger partial charge in [0, 0.05) is 5.56 Å². The molecule has 3 aromatic carbocycles. The van der Waals surface area contributed by atoms with Gasteiger partial charge >= 0.3 is 0 Å². The molecule has 0 unspecified atom stereocenters. The second-order valence-corrected chi connectivity index (χ2v) is 5.75. The van der Waals surface area contributed by atoms with Crippen molar-refractivity contribution in [3.8, 4) is 28.3 Å². The van der Waals surface area contributed by atoms with Crippen molar-refractivity contribution in [2.24, 2.45) is 0 Å². The Balaban J connectivity index is 1.73. The average molecular weight is 330 g/mol. The van der Waals surface area contributed by atoms with Gasteiger partial charge in [-0.25, -0.2) is 4.98 Å². The number of anilines is 1. The molecule has 1 heterocycles. The van der Waals surface area contributed by atoms with Gasteiger partial charge in [-0.05, 0) is 48.4 Å². The molecule has 4 aromatic rings. The zero-order chi connectivity index (χ0) is 17.2. The van der Waals surface area contributed by atoms with E-state index >= 15 is 0 Å². The van der Waals surface area contributed by atoms with Crippen molar-refractivity contribution < 1.29 is 9.15 Å². The Morgan fingerprint density at radius 2 is 1.72 bits per heavy atom. The molecular formula is C21H18N2O2. The summed E-state index contributed by atoms with van der Waals surface area (Å²) in [6.07, 6.45) is 0. The monoisotopic (exact) mass is 330 g/mol. The molecule has 0 aliphatic heterocycles. The van der Waals surface area contributed by atoms with Gasteiger partial charge in [-0.15, -0.1) is 0 Å². The lowest BCUT2D eigenvalue weighted by Crippen LogP contribution is -1.96. The number of benzene rings is 3. The SMILES string of the molecule is CCOc1ccc(-c2nc3cc(-c4ccccc4)ccc3o2)cc1N. The molecule has 0 amide bonds. The van der Waals surface area contributed by atoms with Gasteiger partial charge in [0.2, 0.25) is 5.89 Å². The van der Waals surface area contributed by atoms with Gasteiger partial charge in [0.25, 0.3) is 0 Å². The van der Waals surface area contributed by atoms with E-state index in [2.05, 4.69) is 17.1 Å². The Labute approximate surface area is 145 Å². The van der Waals surface area contributed by atoms with Crippen molar-refractivity contribution >= 4 is 16.8 Å². The van der Waals surface area contributed by atoms with Gasteiger partial charge in [-0.2, -0.15) is 0 Å². The number of nitrogen functional groups attached to an aromatic ring is 1. The average Bonchev–Trinajstić information content (AvgIpc) is 3.07. The molecule has 0 aliphatic rings. The Morgan fingerprint density at radius 1 is 0.920 bits per heavy atom. The van der Waals surface area contributed by atoms with Gasteiger partial charge in [0.15, 0.2) is 5.58 Å². The largest absolute Gasteiger partial charge is 0.492 e. The number of nitrogens with zero attached hydrogens (tertiary/aromatic N) is 1. The molecule has 2 N–H and O–H groups in total. The molecule has 0 spiro atoms. The summed E-state index contributed by atoms with van der Waals surface area (Å²) in [6.45, 7) is 2.51. The lowest BCUT2D eigenvalue weighted by Gasteiger charge is -2.06. The summed E-state index contributed by atoms with van der Waals surface area (Å²) in [5.74, 6) is 1.23. The first-order valence-corrected chi connectivity index (χ1v) is 8.23. The van der Waals surface area contributed by atoms with Crippen molar-refractivity contribution in [1.29, 1.82) is 0 Å². The Morgan fingerprint density at radius 3 is 2.48 bits per heavy atom. The van der Waals surface area contributed by atoms with Crippen LogP contribution in [0, 0.1) is 0 Å². The molecule has 0 aliphatic carbocycles. The smallest absolute Gasteiger partial charge is 0.227 e. The van der Waals surface area contributed by atoms with Gasteiger partial charge in [0.1, 0.15) is 11.3 Å². The molecular weight excluding hydrogens is 312 g/mol. The number of oxazole rings is 1. The number of fused-ring (bicyclic) bond motifs is 1. The number of aromatic nitrogens is 1. The van der Waals surface area contributed by atoms with E-state index in [0.717, 1.165) is 27.8 Å². The zero-order valence-corrected chi connectivity index (χ0v) is 13.9. The molecule has 0 atom stereocenters. The van der Waals surface area contributed by atoms with Crippen LogP contribution in [-0.4, -0.2) is 11.6 Å². The standard InChI is InChI=1S/C21H18N2O2/c1-2-24-19-10-9-16(12-17(19)22)21-23-18-13-15(8-11-20(18)25-21)14-6-4-3-5-7-14/h3-13H,2,22H2,1H3. The van der Waals surface area contributed by atoms with E-state index in [-0.39, 0.29) is 0 Å². The van der Waals surface area contributed by atoms with Crippen molar-refractivity contribution in [2.45, 2.75) is 6.92 Å². The van der Waals surface area contributed by atoms with E-state index in [1.54, 1.807) is 0 Å². The highest BCUT2D eigenvalue weighted by Crippen LogP contribution is 2.31. The highest BCUT2D eigenvalue weighted by Gasteiger charge is 2.11. The second-order valence-electron chi connectivity index (χ2n) is 5.75. The van der Waals surface area contributed by atoms with Crippen LogP contribution >= 0.6 is 0 Å². The minimum atomic E-state index is 0.551.